The summed E-state index contributed by atoms with van der Waals surface area (Å²) in [5, 5.41) is 15.9. The average Bonchev–Trinajstić information content (AvgIpc) is 2.80. The van der Waals surface area contributed by atoms with Gasteiger partial charge in [0.1, 0.15) is 12.4 Å². The Kier molecular flexibility index (Phi) is 4.34. The molecular weight excluding hydrogens is 262 g/mol. The molecule has 0 saturated carbocycles. The Morgan fingerprint density at radius 1 is 1.53 bits per heavy atom. The topological polar surface area (TPSA) is 63.1 Å². The van der Waals surface area contributed by atoms with Crippen LogP contribution >= 0.6 is 12.2 Å². The standard InChI is InChI=1S/C13H17N3O2S/c1-3-9(2)18-11-6-4-5-10(7-11)16-12(8-17)14-15-13(16)19/h4-7,9,17H,3,8H2,1-2H3,(H,15,19). The quantitative estimate of drug-likeness (QED) is 0.826. The van der Waals surface area contributed by atoms with Gasteiger partial charge in [0.15, 0.2) is 10.6 Å². The van der Waals surface area contributed by atoms with Gasteiger partial charge in [-0.15, -0.1) is 0 Å². The Morgan fingerprint density at radius 2 is 2.32 bits per heavy atom. The molecule has 1 heterocycles. The molecule has 2 N–H and O–H groups in total. The van der Waals surface area contributed by atoms with E-state index < -0.39 is 0 Å². The average molecular weight is 279 g/mol. The number of hydrogen-bond donors (Lipinski definition) is 2. The van der Waals surface area contributed by atoms with Crippen molar-refractivity contribution in [2.24, 2.45) is 0 Å². The molecule has 6 heteroatoms. The summed E-state index contributed by atoms with van der Waals surface area (Å²) in [7, 11) is 0. The maximum Gasteiger partial charge on any atom is 0.199 e. The minimum Gasteiger partial charge on any atom is -0.491 e. The monoisotopic (exact) mass is 279 g/mol. The van der Waals surface area contributed by atoms with Crippen LogP contribution in [0.4, 0.5) is 0 Å². The minimum absolute atomic E-state index is 0.157. The number of hydrogen-bond acceptors (Lipinski definition) is 4. The van der Waals surface area contributed by atoms with Crippen molar-refractivity contribution >= 4 is 12.2 Å². The molecular formula is C13H17N3O2S. The molecule has 5 nitrogen and oxygen atoms in total. The summed E-state index contributed by atoms with van der Waals surface area (Å²) >= 11 is 5.17. The molecule has 102 valence electrons. The lowest BCUT2D eigenvalue weighted by Crippen LogP contribution is -2.10. The Bertz CT molecular complexity index is 606. The molecule has 0 saturated heterocycles. The van der Waals surface area contributed by atoms with Crippen molar-refractivity contribution in [2.45, 2.75) is 33.0 Å². The zero-order chi connectivity index (χ0) is 13.8. The number of H-pyrrole nitrogens is 1. The number of aliphatic hydroxyl groups excluding tert-OH is 1. The van der Waals surface area contributed by atoms with Gasteiger partial charge >= 0.3 is 0 Å². The predicted molar refractivity (Wildman–Crippen MR) is 75.1 cm³/mol. The zero-order valence-corrected chi connectivity index (χ0v) is 11.8. The van der Waals surface area contributed by atoms with E-state index in [4.69, 9.17) is 17.0 Å². The smallest absolute Gasteiger partial charge is 0.199 e. The molecule has 0 spiro atoms. The van der Waals surface area contributed by atoms with E-state index in [9.17, 15) is 5.11 Å². The third kappa shape index (κ3) is 3.02. The fourth-order valence-electron chi connectivity index (χ4n) is 1.71. The second-order valence-corrected chi connectivity index (χ2v) is 4.66. The third-order valence-electron chi connectivity index (χ3n) is 2.87. The summed E-state index contributed by atoms with van der Waals surface area (Å²) in [6, 6.07) is 7.57. The van der Waals surface area contributed by atoms with Gasteiger partial charge in [-0.25, -0.2) is 0 Å². The molecule has 0 fully saturated rings. The van der Waals surface area contributed by atoms with Gasteiger partial charge in [-0.3, -0.25) is 9.67 Å². The number of aromatic amines is 1. The fourth-order valence-corrected chi connectivity index (χ4v) is 1.97. The van der Waals surface area contributed by atoms with Crippen molar-refractivity contribution in [3.05, 3.63) is 34.9 Å². The van der Waals surface area contributed by atoms with Gasteiger partial charge in [-0.05, 0) is 37.7 Å². The van der Waals surface area contributed by atoms with Crippen LogP contribution in [0.2, 0.25) is 0 Å². The highest BCUT2D eigenvalue weighted by atomic mass is 32.1. The Morgan fingerprint density at radius 3 is 3.00 bits per heavy atom. The number of aliphatic hydroxyl groups is 1. The number of nitrogens with zero attached hydrogens (tertiary/aromatic N) is 2. The normalized spacial score (nSPS) is 12.4. The van der Waals surface area contributed by atoms with Gasteiger partial charge in [0.05, 0.1) is 11.8 Å². The van der Waals surface area contributed by atoms with Gasteiger partial charge in [-0.2, -0.15) is 5.10 Å². The molecule has 2 rings (SSSR count). The van der Waals surface area contributed by atoms with Crippen LogP contribution in [-0.4, -0.2) is 26.0 Å². The molecule has 0 aliphatic carbocycles. The van der Waals surface area contributed by atoms with Crippen molar-refractivity contribution in [1.29, 1.82) is 0 Å². The highest BCUT2D eigenvalue weighted by Gasteiger charge is 2.09. The molecule has 0 bridgehead atoms. The van der Waals surface area contributed by atoms with Crippen molar-refractivity contribution in [2.75, 3.05) is 0 Å². The van der Waals surface area contributed by atoms with E-state index in [-0.39, 0.29) is 12.7 Å². The Labute approximate surface area is 116 Å². The first kappa shape index (κ1) is 13.8. The van der Waals surface area contributed by atoms with Gasteiger partial charge in [0.2, 0.25) is 0 Å². The molecule has 0 aliphatic heterocycles. The van der Waals surface area contributed by atoms with Crippen LogP contribution in [0.3, 0.4) is 0 Å². The van der Waals surface area contributed by atoms with Gasteiger partial charge in [-0.1, -0.05) is 13.0 Å². The summed E-state index contributed by atoms with van der Waals surface area (Å²) in [4.78, 5) is 0. The third-order valence-corrected chi connectivity index (χ3v) is 3.15. The number of aromatic nitrogens is 3. The molecule has 1 aromatic carbocycles. The lowest BCUT2D eigenvalue weighted by Gasteiger charge is -2.14. The van der Waals surface area contributed by atoms with E-state index in [0.29, 0.717) is 10.6 Å². The van der Waals surface area contributed by atoms with Crippen LogP contribution in [-0.2, 0) is 6.61 Å². The van der Waals surface area contributed by atoms with E-state index in [1.807, 2.05) is 31.2 Å². The first-order chi connectivity index (χ1) is 9.15. The van der Waals surface area contributed by atoms with Gasteiger partial charge < -0.3 is 9.84 Å². The summed E-state index contributed by atoms with van der Waals surface area (Å²) in [5.74, 6) is 1.25. The lowest BCUT2D eigenvalue weighted by atomic mass is 10.2. The maximum absolute atomic E-state index is 9.26. The van der Waals surface area contributed by atoms with E-state index in [2.05, 4.69) is 17.1 Å². The summed E-state index contributed by atoms with van der Waals surface area (Å²) in [5.41, 5.74) is 0.823. The number of rotatable bonds is 5. The molecule has 1 atom stereocenters. The second-order valence-electron chi connectivity index (χ2n) is 4.27. The first-order valence-corrected chi connectivity index (χ1v) is 6.60. The molecule has 0 radical (unpaired) electrons. The summed E-state index contributed by atoms with van der Waals surface area (Å²) < 4.78 is 7.92. The van der Waals surface area contributed by atoms with Gasteiger partial charge in [0.25, 0.3) is 0 Å². The Balaban J connectivity index is 2.38. The van der Waals surface area contributed by atoms with Crippen molar-refractivity contribution in [3.8, 4) is 11.4 Å². The summed E-state index contributed by atoms with van der Waals surface area (Å²) in [6.45, 7) is 3.92. The predicted octanol–water partition coefficient (Wildman–Crippen LogP) is 2.60. The van der Waals surface area contributed by atoms with Crippen LogP contribution in [0.1, 0.15) is 26.1 Å². The molecule has 19 heavy (non-hydrogen) atoms. The van der Waals surface area contributed by atoms with Crippen LogP contribution in [0.25, 0.3) is 5.69 Å². The fraction of sp³-hybridized carbons (Fsp3) is 0.385. The molecule has 1 unspecified atom stereocenters. The maximum atomic E-state index is 9.26. The van der Waals surface area contributed by atoms with Crippen LogP contribution in [0.5, 0.6) is 5.75 Å². The van der Waals surface area contributed by atoms with E-state index in [0.717, 1.165) is 17.9 Å². The SMILES string of the molecule is CCC(C)Oc1cccc(-n2c(CO)n[nH]c2=S)c1. The minimum atomic E-state index is -0.177. The highest BCUT2D eigenvalue weighted by Crippen LogP contribution is 2.20. The number of ether oxygens (including phenoxy) is 1. The second kappa shape index (κ2) is 5.99. The largest absolute Gasteiger partial charge is 0.491 e. The number of benzene rings is 1. The number of nitrogens with one attached hydrogen (secondary N) is 1. The van der Waals surface area contributed by atoms with Crippen molar-refractivity contribution in [3.63, 3.8) is 0 Å². The molecule has 2 aromatic rings. The van der Waals surface area contributed by atoms with Crippen molar-refractivity contribution in [1.82, 2.24) is 14.8 Å². The summed E-state index contributed by atoms with van der Waals surface area (Å²) in [6.07, 6.45) is 1.10. The van der Waals surface area contributed by atoms with E-state index in [1.165, 1.54) is 0 Å². The van der Waals surface area contributed by atoms with Crippen LogP contribution in [0.15, 0.2) is 24.3 Å². The van der Waals surface area contributed by atoms with Crippen molar-refractivity contribution < 1.29 is 9.84 Å². The van der Waals surface area contributed by atoms with Gasteiger partial charge in [0, 0.05) is 6.07 Å². The van der Waals surface area contributed by atoms with Crippen LogP contribution in [0, 0.1) is 4.77 Å². The van der Waals surface area contributed by atoms with Crippen LogP contribution < -0.4 is 4.74 Å². The zero-order valence-electron chi connectivity index (χ0n) is 11.0. The molecule has 1 aromatic heterocycles. The highest BCUT2D eigenvalue weighted by molar-refractivity contribution is 7.71. The first-order valence-electron chi connectivity index (χ1n) is 6.20. The molecule has 0 amide bonds. The Hall–Kier alpha value is -1.66. The molecule has 0 aliphatic rings. The lowest BCUT2D eigenvalue weighted by molar-refractivity contribution is 0.217. The van der Waals surface area contributed by atoms with E-state index in [1.54, 1.807) is 4.57 Å². The van der Waals surface area contributed by atoms with E-state index >= 15 is 0 Å².